The number of aromatic nitrogens is 4. The molecule has 0 atom stereocenters. The minimum atomic E-state index is -0.181. The molecule has 0 saturated heterocycles. The number of hydrogen-bond donors (Lipinski definition) is 1. The van der Waals surface area contributed by atoms with Crippen molar-refractivity contribution in [3.8, 4) is 0 Å². The molecule has 2 aromatic heterocycles. The lowest BCUT2D eigenvalue weighted by molar-refractivity contribution is -0.116. The molecule has 0 radical (unpaired) electrons. The summed E-state index contributed by atoms with van der Waals surface area (Å²) < 4.78 is 2.95. The topological polar surface area (TPSA) is 72.7 Å². The summed E-state index contributed by atoms with van der Waals surface area (Å²) in [5, 5.41) is 11.5. The van der Waals surface area contributed by atoms with E-state index in [9.17, 15) is 4.79 Å². The van der Waals surface area contributed by atoms with Crippen LogP contribution < -0.4 is 5.32 Å². The van der Waals surface area contributed by atoms with Crippen molar-refractivity contribution in [2.45, 2.75) is 13.5 Å². The summed E-state index contributed by atoms with van der Waals surface area (Å²) in [6, 6.07) is 7.90. The van der Waals surface area contributed by atoms with Crippen LogP contribution >= 0.6 is 11.3 Å². The number of rotatable bonds is 4. The van der Waals surface area contributed by atoms with E-state index >= 15 is 0 Å². The summed E-state index contributed by atoms with van der Waals surface area (Å²) in [6.07, 6.45) is 3.21. The number of amides is 1. The first-order valence-electron chi connectivity index (χ1n) is 6.80. The van der Waals surface area contributed by atoms with Crippen molar-refractivity contribution < 1.29 is 4.79 Å². The Morgan fingerprint density at radius 2 is 2.18 bits per heavy atom. The van der Waals surface area contributed by atoms with Crippen molar-refractivity contribution in [1.82, 2.24) is 25.1 Å². The van der Waals surface area contributed by atoms with E-state index in [1.165, 1.54) is 6.08 Å². The SMILES string of the molecule is Cc1nnc(CNC(=O)/C=C\c2nc3ccccc3s2)n1C. The third-order valence-electron chi connectivity index (χ3n) is 3.29. The minimum Gasteiger partial charge on any atom is -0.345 e. The molecule has 3 rings (SSSR count). The molecule has 3 aromatic rings. The van der Waals surface area contributed by atoms with Gasteiger partial charge in [-0.1, -0.05) is 12.1 Å². The Balaban J connectivity index is 1.62. The second kappa shape index (κ2) is 6.07. The Hall–Kier alpha value is -2.54. The van der Waals surface area contributed by atoms with Crippen molar-refractivity contribution in [1.29, 1.82) is 0 Å². The smallest absolute Gasteiger partial charge is 0.244 e. The van der Waals surface area contributed by atoms with Crippen LogP contribution in [0.2, 0.25) is 0 Å². The maximum atomic E-state index is 11.8. The van der Waals surface area contributed by atoms with E-state index in [1.807, 2.05) is 42.8 Å². The van der Waals surface area contributed by atoms with Crippen LogP contribution in [0.4, 0.5) is 0 Å². The Morgan fingerprint density at radius 3 is 2.91 bits per heavy atom. The van der Waals surface area contributed by atoms with Gasteiger partial charge in [0.25, 0.3) is 0 Å². The molecule has 0 unspecified atom stereocenters. The van der Waals surface area contributed by atoms with Crippen molar-refractivity contribution in [3.05, 3.63) is 47.0 Å². The molecule has 7 heteroatoms. The zero-order chi connectivity index (χ0) is 15.5. The average molecular weight is 313 g/mol. The molecule has 0 aliphatic heterocycles. The number of para-hydroxylation sites is 1. The number of hydrogen-bond acceptors (Lipinski definition) is 5. The second-order valence-corrected chi connectivity index (χ2v) is 5.86. The van der Waals surface area contributed by atoms with Crippen molar-refractivity contribution >= 4 is 33.5 Å². The zero-order valence-corrected chi connectivity index (χ0v) is 13.1. The molecule has 0 spiro atoms. The fourth-order valence-corrected chi connectivity index (χ4v) is 2.81. The zero-order valence-electron chi connectivity index (χ0n) is 12.3. The van der Waals surface area contributed by atoms with Crippen molar-refractivity contribution in [2.24, 2.45) is 7.05 Å². The largest absolute Gasteiger partial charge is 0.345 e. The van der Waals surface area contributed by atoms with Gasteiger partial charge in [0.15, 0.2) is 5.82 Å². The van der Waals surface area contributed by atoms with Gasteiger partial charge in [-0.3, -0.25) is 4.79 Å². The summed E-state index contributed by atoms with van der Waals surface area (Å²) in [7, 11) is 1.87. The van der Waals surface area contributed by atoms with E-state index in [0.717, 1.165) is 26.9 Å². The molecule has 112 valence electrons. The molecule has 0 fully saturated rings. The Morgan fingerprint density at radius 1 is 1.36 bits per heavy atom. The highest BCUT2D eigenvalue weighted by Gasteiger charge is 2.06. The number of fused-ring (bicyclic) bond motifs is 1. The average Bonchev–Trinajstić information content (AvgIpc) is 3.07. The maximum absolute atomic E-state index is 11.8. The first kappa shape index (κ1) is 14.4. The highest BCUT2D eigenvalue weighted by Crippen LogP contribution is 2.22. The standard InChI is InChI=1S/C15H15N5OS/c1-10-18-19-13(20(10)2)9-16-14(21)7-8-15-17-11-5-3-4-6-12(11)22-15/h3-8H,9H2,1-2H3,(H,16,21)/b8-7-. The van der Waals surface area contributed by atoms with Gasteiger partial charge in [0.2, 0.25) is 5.91 Å². The summed E-state index contributed by atoms with van der Waals surface area (Å²) in [5.74, 6) is 1.36. The third kappa shape index (κ3) is 3.04. The second-order valence-electron chi connectivity index (χ2n) is 4.79. The predicted octanol–water partition coefficient (Wildman–Crippen LogP) is 2.06. The van der Waals surface area contributed by atoms with Crippen LogP contribution in [0.1, 0.15) is 16.7 Å². The number of aryl methyl sites for hydroxylation is 1. The van der Waals surface area contributed by atoms with Crippen molar-refractivity contribution in [3.63, 3.8) is 0 Å². The fourth-order valence-electron chi connectivity index (χ4n) is 1.94. The van der Waals surface area contributed by atoms with Gasteiger partial charge in [-0.25, -0.2) is 4.98 Å². The van der Waals surface area contributed by atoms with E-state index < -0.39 is 0 Å². The summed E-state index contributed by atoms with van der Waals surface area (Å²) in [5.41, 5.74) is 0.946. The fraction of sp³-hybridized carbons (Fsp3) is 0.200. The molecule has 1 aromatic carbocycles. The molecule has 2 heterocycles. The van der Waals surface area contributed by atoms with Crippen LogP contribution in [0.3, 0.4) is 0 Å². The minimum absolute atomic E-state index is 0.181. The van der Waals surface area contributed by atoms with Gasteiger partial charge < -0.3 is 9.88 Å². The molecule has 0 aliphatic carbocycles. The van der Waals surface area contributed by atoms with E-state index in [4.69, 9.17) is 0 Å². The molecular weight excluding hydrogens is 298 g/mol. The van der Waals surface area contributed by atoms with E-state index in [2.05, 4.69) is 20.5 Å². The Bertz CT molecular complexity index is 816. The molecule has 22 heavy (non-hydrogen) atoms. The number of benzene rings is 1. The molecule has 0 saturated carbocycles. The Labute approximate surface area is 131 Å². The summed E-state index contributed by atoms with van der Waals surface area (Å²) in [4.78, 5) is 16.3. The highest BCUT2D eigenvalue weighted by atomic mass is 32.1. The van der Waals surface area contributed by atoms with E-state index in [0.29, 0.717) is 6.54 Å². The Kier molecular flexibility index (Phi) is 3.97. The number of carbonyl (C=O) groups is 1. The summed E-state index contributed by atoms with van der Waals surface area (Å²) >= 11 is 1.56. The van der Waals surface area contributed by atoms with Crippen LogP contribution in [0.5, 0.6) is 0 Å². The number of thiazole rings is 1. The quantitative estimate of drug-likeness (QED) is 0.748. The molecule has 0 bridgehead atoms. The van der Waals surface area contributed by atoms with Gasteiger partial charge in [-0.2, -0.15) is 0 Å². The highest BCUT2D eigenvalue weighted by molar-refractivity contribution is 7.19. The molecular formula is C15H15N5OS. The molecule has 6 nitrogen and oxygen atoms in total. The van der Waals surface area contributed by atoms with Crippen LogP contribution in [0, 0.1) is 6.92 Å². The van der Waals surface area contributed by atoms with Gasteiger partial charge >= 0.3 is 0 Å². The van der Waals surface area contributed by atoms with Crippen LogP contribution in [0.15, 0.2) is 30.3 Å². The molecule has 1 amide bonds. The normalized spacial score (nSPS) is 11.4. The maximum Gasteiger partial charge on any atom is 0.244 e. The van der Waals surface area contributed by atoms with E-state index in [1.54, 1.807) is 17.4 Å². The number of nitrogens with one attached hydrogen (secondary N) is 1. The van der Waals surface area contributed by atoms with Crippen LogP contribution in [-0.4, -0.2) is 25.7 Å². The first-order chi connectivity index (χ1) is 10.6. The van der Waals surface area contributed by atoms with Gasteiger partial charge in [-0.05, 0) is 25.1 Å². The number of carbonyl (C=O) groups excluding carboxylic acids is 1. The van der Waals surface area contributed by atoms with Gasteiger partial charge in [0.1, 0.15) is 10.8 Å². The molecule has 1 N–H and O–H groups in total. The van der Waals surface area contributed by atoms with Crippen LogP contribution in [-0.2, 0) is 18.4 Å². The predicted molar refractivity (Wildman–Crippen MR) is 86.2 cm³/mol. The summed E-state index contributed by atoms with van der Waals surface area (Å²) in [6.45, 7) is 2.21. The lowest BCUT2D eigenvalue weighted by atomic mass is 10.3. The van der Waals surface area contributed by atoms with Crippen molar-refractivity contribution in [2.75, 3.05) is 0 Å². The van der Waals surface area contributed by atoms with E-state index in [-0.39, 0.29) is 5.91 Å². The lowest BCUT2D eigenvalue weighted by Crippen LogP contribution is -2.22. The van der Waals surface area contributed by atoms with Crippen LogP contribution in [0.25, 0.3) is 16.3 Å². The number of nitrogens with zero attached hydrogens (tertiary/aromatic N) is 4. The monoisotopic (exact) mass is 313 g/mol. The lowest BCUT2D eigenvalue weighted by Gasteiger charge is -2.02. The first-order valence-corrected chi connectivity index (χ1v) is 7.61. The third-order valence-corrected chi connectivity index (χ3v) is 4.29. The van der Waals surface area contributed by atoms with Gasteiger partial charge in [-0.15, -0.1) is 21.5 Å². The van der Waals surface area contributed by atoms with Gasteiger partial charge in [0.05, 0.1) is 16.8 Å². The molecule has 0 aliphatic rings. The van der Waals surface area contributed by atoms with Gasteiger partial charge in [0, 0.05) is 13.1 Å².